The largest absolute Gasteiger partial charge is 0.505 e. The number of nitrogens with zero attached hydrogens (tertiary/aromatic N) is 15. The third-order valence-electron chi connectivity index (χ3n) is 27.4. The molecule has 16 aromatic rings. The lowest BCUT2D eigenvalue weighted by Gasteiger charge is -2.31. The van der Waals surface area contributed by atoms with Gasteiger partial charge in [0.25, 0.3) is 0 Å². The van der Waals surface area contributed by atoms with Crippen molar-refractivity contribution in [3.8, 4) is 67.5 Å². The number of aryl methyl sites for hydroxylation is 1. The number of nitrogens with one attached hydrogen (secondary N) is 6. The average molecular weight is 2100 g/mol. The number of hydrogen-bond donors (Lipinski definition) is 7. The molecule has 0 saturated carbocycles. The van der Waals surface area contributed by atoms with E-state index in [1.807, 2.05) is 134 Å². The van der Waals surface area contributed by atoms with Gasteiger partial charge in [0.1, 0.15) is 11.8 Å². The summed E-state index contributed by atoms with van der Waals surface area (Å²) in [6, 6.07) is 58.6. The Morgan fingerprint density at radius 2 is 0.635 bits per heavy atom. The Morgan fingerprint density at radius 3 is 0.939 bits per heavy atom. The lowest BCUT2D eigenvalue weighted by molar-refractivity contribution is -0.114. The maximum atomic E-state index is 13.9. The van der Waals surface area contributed by atoms with Crippen LogP contribution in [0.25, 0.3) is 120 Å². The van der Waals surface area contributed by atoms with Crippen molar-refractivity contribution in [2.24, 2.45) is 7.05 Å². The van der Waals surface area contributed by atoms with Crippen LogP contribution in [0.15, 0.2) is 256 Å². The third-order valence-corrected chi connectivity index (χ3v) is 33.9. The number of pyridine rings is 7. The number of hydrogen-bond acceptors (Lipinski definition) is 26. The van der Waals surface area contributed by atoms with Gasteiger partial charge >= 0.3 is 0 Å². The van der Waals surface area contributed by atoms with E-state index in [-0.39, 0.29) is 41.9 Å². The molecule has 0 spiro atoms. The molecule has 40 heteroatoms. The lowest BCUT2D eigenvalue weighted by atomic mass is 9.98. The molecular weight excluding hydrogens is 1980 g/mol. The van der Waals surface area contributed by atoms with Crippen molar-refractivity contribution in [2.45, 2.75) is 101 Å². The monoisotopic (exact) mass is 2100 g/mol. The number of carbonyl (C=O) groups excluding carboxylic acids is 1. The van der Waals surface area contributed by atoms with Crippen LogP contribution in [-0.2, 0) is 62.0 Å². The maximum Gasteiger partial charge on any atom is 0.221 e. The van der Waals surface area contributed by atoms with E-state index in [0.29, 0.717) is 89.5 Å². The summed E-state index contributed by atoms with van der Waals surface area (Å²) >= 11 is 0. The minimum absolute atomic E-state index is 0.0978. The molecule has 0 aliphatic carbocycles. The molecule has 0 radical (unpaired) electrons. The summed E-state index contributed by atoms with van der Waals surface area (Å²) in [4.78, 5) is 40.4. The Morgan fingerprint density at radius 1 is 0.338 bits per heavy atom. The van der Waals surface area contributed by atoms with Gasteiger partial charge in [-0.1, -0.05) is 24.3 Å². The molecule has 5 fully saturated rings. The van der Waals surface area contributed by atoms with Gasteiger partial charge in [-0.2, -0.15) is 14.8 Å². The molecule has 0 bridgehead atoms. The highest BCUT2D eigenvalue weighted by molar-refractivity contribution is 7.89. The zero-order valence-corrected chi connectivity index (χ0v) is 86.8. The first kappa shape index (κ1) is 105. The van der Waals surface area contributed by atoms with E-state index in [2.05, 4.69) is 126 Å². The van der Waals surface area contributed by atoms with E-state index >= 15 is 0 Å². The predicted molar refractivity (Wildman–Crippen MR) is 582 cm³/mol. The summed E-state index contributed by atoms with van der Waals surface area (Å²) in [6.45, 7) is 6.64. The van der Waals surface area contributed by atoms with Crippen molar-refractivity contribution in [1.29, 1.82) is 5.26 Å². The second-order valence-electron chi connectivity index (χ2n) is 37.9. The number of phenols is 1. The van der Waals surface area contributed by atoms with Gasteiger partial charge in [0, 0.05) is 262 Å². The lowest BCUT2D eigenvalue weighted by Crippen LogP contribution is -2.41. The number of halogens is 2. The standard InChI is InChI=1S/C23H25N5O2S.C23H26N4O3S.C21H22FN3O3S.C21H21N5O2S.C20H21FN4O2S/c1-27-23-4-3-16(11-19(23)14-25-27)18-12-17-5-8-24-15-21(17)22(13-18)26-20-6-9-28(10-7-20)31(2,29)30;1-16(28)25-20-5-3-17(4-6-20)19-13-18-7-10-24-15-22(18)23(14-19)26-21-8-11-27(12-9-21)31(2,29)30;1-29(27,28)25-8-5-17(6-9-25)24-20-12-16(10-15-4-7-23-13-18(15)20)14-2-3-21(26)19(22)11-14;1-29(27,28)26-8-5-18(6-9-26)25-21-11-17(10-15-4-7-23-14-20(15)21)16-2-3-19(12-22)24-13-16;1-28(26,27)25-8-4-17(5-9-25)24-19-11-16(14-3-7-23-20(21)12-14)10-15-2-6-22-13-18(15)19/h3-5,8,11-15,20,26H,6-7,9-10H2,1-2H3;3-7,10,13-15,21,26H,8-9,11-12H2,1-2H3,(H,25,28);2-4,7,10-13,17,24,26H,5-6,8-9H2,1H3;2-4,7,10-11,13-14,18,25H,5-6,8-9H2,1H3;2-3,6-7,10-13,17,24H,4-5,8-9H2,1H3. The predicted octanol–water partition coefficient (Wildman–Crippen LogP) is 17.2. The number of carbonyl (C=O) groups is 1. The smallest absolute Gasteiger partial charge is 0.221 e. The highest BCUT2D eigenvalue weighted by Gasteiger charge is 2.32. The summed E-state index contributed by atoms with van der Waals surface area (Å²) in [7, 11) is -13.8. The maximum absolute atomic E-state index is 13.9. The van der Waals surface area contributed by atoms with Crippen LogP contribution in [0, 0.1) is 23.1 Å². The molecule has 33 nitrogen and oxygen atoms in total. The summed E-state index contributed by atoms with van der Waals surface area (Å²) in [5, 5.41) is 54.9. The second kappa shape index (κ2) is 45.6. The number of nitriles is 1. The highest BCUT2D eigenvalue weighted by Crippen LogP contribution is 2.41. The van der Waals surface area contributed by atoms with E-state index in [4.69, 9.17) is 5.26 Å². The fourth-order valence-corrected chi connectivity index (χ4v) is 23.7. The molecule has 5 aliphatic heterocycles. The van der Waals surface area contributed by atoms with Crippen LogP contribution in [0.4, 0.5) is 42.9 Å². The number of piperidine rings is 5. The zero-order chi connectivity index (χ0) is 104. The molecule has 0 unspecified atom stereocenters. The number of aromatic hydroxyl groups is 1. The number of anilines is 6. The number of aromatic nitrogens is 9. The first-order valence-corrected chi connectivity index (χ1v) is 57.8. The molecule has 5 aliphatic rings. The molecule has 0 atom stereocenters. The van der Waals surface area contributed by atoms with Crippen molar-refractivity contribution in [2.75, 3.05) is 129 Å². The van der Waals surface area contributed by atoms with E-state index in [0.717, 1.165) is 200 Å². The van der Waals surface area contributed by atoms with Crippen LogP contribution in [-0.4, -0.2) is 246 Å². The van der Waals surface area contributed by atoms with Gasteiger partial charge in [-0.05, 0) is 287 Å². The number of fused-ring (bicyclic) bond motifs is 6. The van der Waals surface area contributed by atoms with Crippen LogP contribution in [0.5, 0.6) is 5.75 Å². The minimum atomic E-state index is -3.17. The molecule has 148 heavy (non-hydrogen) atoms. The molecule has 7 N–H and O–H groups in total. The highest BCUT2D eigenvalue weighted by atomic mass is 32.2. The Balaban J connectivity index is 0.000000126. The Bertz CT molecular complexity index is 8250. The number of rotatable bonds is 21. The normalized spacial score (nSPS) is 16.1. The zero-order valence-electron chi connectivity index (χ0n) is 82.7. The molecular formula is C108H115F2N21O12S5. The Kier molecular flexibility index (Phi) is 32.4. The van der Waals surface area contributed by atoms with Crippen molar-refractivity contribution >= 4 is 155 Å². The van der Waals surface area contributed by atoms with Gasteiger partial charge in [-0.3, -0.25) is 34.4 Å². The van der Waals surface area contributed by atoms with E-state index < -0.39 is 61.9 Å². The van der Waals surface area contributed by atoms with Crippen molar-refractivity contribution in [1.82, 2.24) is 66.2 Å². The van der Waals surface area contributed by atoms with Crippen LogP contribution in [0.3, 0.4) is 0 Å². The van der Waals surface area contributed by atoms with Crippen LogP contribution in [0.2, 0.25) is 0 Å². The van der Waals surface area contributed by atoms with Gasteiger partial charge < -0.3 is 37.0 Å². The van der Waals surface area contributed by atoms with E-state index in [1.165, 1.54) is 79.8 Å². The molecule has 13 heterocycles. The number of amides is 1. The van der Waals surface area contributed by atoms with Crippen LogP contribution >= 0.6 is 0 Å². The number of sulfonamides is 5. The molecule has 8 aromatic heterocycles. The first-order chi connectivity index (χ1) is 70.8. The van der Waals surface area contributed by atoms with Gasteiger partial charge in [-0.15, -0.1) is 0 Å². The van der Waals surface area contributed by atoms with E-state index in [1.54, 1.807) is 65.9 Å². The summed E-state index contributed by atoms with van der Waals surface area (Å²) in [5.41, 5.74) is 16.4. The molecule has 8 aromatic carbocycles. The van der Waals surface area contributed by atoms with Gasteiger partial charge in [-0.25, -0.2) is 78.0 Å². The van der Waals surface area contributed by atoms with Crippen LogP contribution in [0.1, 0.15) is 76.8 Å². The van der Waals surface area contributed by atoms with Crippen molar-refractivity contribution in [3.05, 3.63) is 274 Å². The summed E-state index contributed by atoms with van der Waals surface area (Å²) in [5.74, 6) is -1.66. The number of phenolic OH excluding ortho intramolecular Hbond substituents is 1. The SMILES string of the molecule is CC(=O)Nc1ccc(-c2cc(NC3CCN(S(C)(=O)=O)CC3)c3cnccc3c2)cc1.CS(=O)(=O)N1CCC(Nc2cc(-c3ccc(C#N)nc3)cc3ccncc23)CC1.CS(=O)(=O)N1CCC(Nc2cc(-c3ccc(O)c(F)c3)cc3ccncc23)CC1.CS(=O)(=O)N1CCC(Nc2cc(-c3ccnc(F)c3)cc3ccncc23)CC1.Cn1ncc2cc(-c3cc(NC4CCN(S(C)(=O)=O)CC4)c4cnccc4c3)ccc21. The van der Waals surface area contributed by atoms with Crippen molar-refractivity contribution < 1.29 is 60.8 Å². The molecule has 5 saturated heterocycles. The summed E-state index contributed by atoms with van der Waals surface area (Å²) in [6.07, 6.45) is 36.7. The Hall–Kier alpha value is -14.3. The minimum Gasteiger partial charge on any atom is -0.505 e. The van der Waals surface area contributed by atoms with Gasteiger partial charge in [0.05, 0.1) is 43.0 Å². The fraction of sp³-hybridized carbons (Fsp3) is 0.296. The molecule has 21 rings (SSSR count). The van der Waals surface area contributed by atoms with E-state index in [9.17, 15) is 60.8 Å². The second-order valence-corrected chi connectivity index (χ2v) is 47.8. The molecule has 768 valence electrons. The molecule has 1 amide bonds. The van der Waals surface area contributed by atoms with Gasteiger partial charge in [0.15, 0.2) is 11.6 Å². The average Bonchev–Trinajstić information content (AvgIpc) is 1.22. The Labute approximate surface area is 859 Å². The summed E-state index contributed by atoms with van der Waals surface area (Å²) < 4.78 is 155. The topological polar surface area (TPSA) is 428 Å². The quantitative estimate of drug-likeness (QED) is 0.0329. The number of benzene rings is 8. The van der Waals surface area contributed by atoms with Crippen molar-refractivity contribution in [3.63, 3.8) is 0 Å². The third kappa shape index (κ3) is 26.5. The first-order valence-electron chi connectivity index (χ1n) is 48.6. The fourth-order valence-electron chi connectivity index (χ4n) is 19.4. The van der Waals surface area contributed by atoms with Crippen LogP contribution < -0.4 is 31.9 Å². The van der Waals surface area contributed by atoms with Gasteiger partial charge in [0.2, 0.25) is 62.0 Å².